The maximum atomic E-state index is 14.4. The molecule has 4 heterocycles. The van der Waals surface area contributed by atoms with Gasteiger partial charge in [-0.25, -0.2) is 0 Å². The summed E-state index contributed by atoms with van der Waals surface area (Å²) in [7, 11) is 0. The highest BCUT2D eigenvalue weighted by molar-refractivity contribution is 6.04. The summed E-state index contributed by atoms with van der Waals surface area (Å²) in [6.07, 6.45) is 8.01. The van der Waals surface area contributed by atoms with Crippen LogP contribution in [0.3, 0.4) is 0 Å². The van der Waals surface area contributed by atoms with Crippen molar-refractivity contribution in [2.75, 3.05) is 24.6 Å². The number of aliphatic hydroxyl groups excluding tert-OH is 1. The van der Waals surface area contributed by atoms with Crippen LogP contribution in [0.25, 0.3) is 0 Å². The first-order chi connectivity index (χ1) is 17.5. The summed E-state index contributed by atoms with van der Waals surface area (Å²) in [4.78, 5) is 47.8. The van der Waals surface area contributed by atoms with Crippen molar-refractivity contribution in [3.05, 3.63) is 54.6 Å². The number of aliphatic hydroxyl groups is 1. The van der Waals surface area contributed by atoms with E-state index in [0.29, 0.717) is 19.5 Å². The van der Waals surface area contributed by atoms with Crippen LogP contribution in [0.1, 0.15) is 41.0 Å². The molecule has 1 spiro atoms. The number of benzene rings is 1. The van der Waals surface area contributed by atoms with Crippen molar-refractivity contribution in [2.45, 2.75) is 69.9 Å². The Labute approximate surface area is 218 Å². The molecule has 1 aromatic rings. The molecule has 198 valence electrons. The Morgan fingerprint density at radius 2 is 1.68 bits per heavy atom. The van der Waals surface area contributed by atoms with E-state index in [1.165, 1.54) is 4.90 Å². The molecule has 0 bridgehead atoms. The van der Waals surface area contributed by atoms with Crippen LogP contribution in [0.4, 0.5) is 5.69 Å². The van der Waals surface area contributed by atoms with Gasteiger partial charge in [-0.15, -0.1) is 0 Å². The highest BCUT2D eigenvalue weighted by Gasteiger charge is 2.75. The second-order valence-electron chi connectivity index (χ2n) is 11.7. The van der Waals surface area contributed by atoms with Gasteiger partial charge in [0.05, 0.1) is 30.1 Å². The van der Waals surface area contributed by atoms with Gasteiger partial charge in [-0.05, 0) is 46.2 Å². The fourth-order valence-corrected chi connectivity index (χ4v) is 6.71. The summed E-state index contributed by atoms with van der Waals surface area (Å²) in [6.45, 7) is 10.1. The summed E-state index contributed by atoms with van der Waals surface area (Å²) >= 11 is 0. The molecular weight excluding hydrogens is 470 g/mol. The minimum Gasteiger partial charge on any atom is -0.394 e. The highest BCUT2D eigenvalue weighted by atomic mass is 16.5. The number of para-hydroxylation sites is 1. The number of hydrogen-bond acceptors (Lipinski definition) is 5. The first-order valence-corrected chi connectivity index (χ1v) is 13.2. The number of ether oxygens (including phenoxy) is 1. The van der Waals surface area contributed by atoms with Gasteiger partial charge in [-0.3, -0.25) is 14.4 Å². The molecule has 4 aliphatic rings. The molecule has 37 heavy (non-hydrogen) atoms. The van der Waals surface area contributed by atoms with Crippen molar-refractivity contribution in [3.8, 4) is 0 Å². The third kappa shape index (κ3) is 3.67. The normalized spacial score (nSPS) is 34.3. The topological polar surface area (TPSA) is 90.4 Å². The van der Waals surface area contributed by atoms with Crippen molar-refractivity contribution in [1.82, 2.24) is 9.80 Å². The van der Waals surface area contributed by atoms with E-state index in [9.17, 15) is 19.5 Å². The third-order valence-electron chi connectivity index (χ3n) is 8.45. The van der Waals surface area contributed by atoms with Gasteiger partial charge in [0.25, 0.3) is 0 Å². The molecule has 1 unspecified atom stereocenters. The van der Waals surface area contributed by atoms with Crippen LogP contribution in [0.2, 0.25) is 0 Å². The number of rotatable bonds is 4. The van der Waals surface area contributed by atoms with E-state index >= 15 is 0 Å². The molecule has 0 saturated carbocycles. The number of anilines is 1. The Bertz CT molecular complexity index is 1150. The van der Waals surface area contributed by atoms with E-state index in [1.54, 1.807) is 9.80 Å². The van der Waals surface area contributed by atoms with Gasteiger partial charge in [0.2, 0.25) is 17.7 Å². The standard InChI is InChI=1S/C29H37N3O5/c1-6-19(18-33)32-23-26(36)31(27(2,3)4)17-11-15-29(23)22(25(32)35)21-24(34)30(20-12-8-7-9-13-20)16-10-14-28(21,5)37-29/h7-15,19,21-23,33H,6,16-18H2,1-5H3/t19-,21-,22-,23?,28+,29-/m0/s1. The van der Waals surface area contributed by atoms with E-state index in [-0.39, 0.29) is 24.3 Å². The van der Waals surface area contributed by atoms with Gasteiger partial charge in [0.15, 0.2) is 0 Å². The summed E-state index contributed by atoms with van der Waals surface area (Å²) < 4.78 is 6.84. The van der Waals surface area contributed by atoms with E-state index in [4.69, 9.17) is 4.74 Å². The Morgan fingerprint density at radius 1 is 1.00 bits per heavy atom. The maximum Gasteiger partial charge on any atom is 0.249 e. The minimum atomic E-state index is -1.32. The molecule has 1 N–H and O–H groups in total. The molecule has 0 aromatic heterocycles. The number of nitrogens with zero attached hydrogens (tertiary/aromatic N) is 3. The molecule has 2 fully saturated rings. The smallest absolute Gasteiger partial charge is 0.249 e. The fraction of sp³-hybridized carbons (Fsp3) is 0.552. The summed E-state index contributed by atoms with van der Waals surface area (Å²) in [5, 5.41) is 10.2. The second kappa shape index (κ2) is 8.81. The molecule has 6 atom stereocenters. The third-order valence-corrected chi connectivity index (χ3v) is 8.45. The number of carbonyl (C=O) groups excluding carboxylic acids is 3. The van der Waals surface area contributed by atoms with Gasteiger partial charge in [0.1, 0.15) is 11.6 Å². The lowest BCUT2D eigenvalue weighted by Crippen LogP contribution is -2.61. The molecule has 8 heteroatoms. The van der Waals surface area contributed by atoms with Crippen molar-refractivity contribution in [3.63, 3.8) is 0 Å². The molecule has 2 saturated heterocycles. The molecule has 1 aromatic carbocycles. The Hall–Kier alpha value is -2.97. The zero-order valence-electron chi connectivity index (χ0n) is 22.3. The largest absolute Gasteiger partial charge is 0.394 e. The van der Waals surface area contributed by atoms with Crippen LogP contribution >= 0.6 is 0 Å². The summed E-state index contributed by atoms with van der Waals surface area (Å²) in [6, 6.07) is 7.86. The van der Waals surface area contributed by atoms with E-state index in [0.717, 1.165) is 5.69 Å². The first-order valence-electron chi connectivity index (χ1n) is 13.2. The lowest BCUT2D eigenvalue weighted by Gasteiger charge is -2.42. The van der Waals surface area contributed by atoms with Crippen molar-refractivity contribution < 1.29 is 24.2 Å². The SMILES string of the molecule is CC[C@@H](CO)N1C(=O)[C@@H]2[C@H]3C(=O)N(c4ccccc4)CC=C[C@@]3(C)O[C@@]23C=CCN(C(C)(C)C)C(=O)C13. The number of amides is 3. The van der Waals surface area contributed by atoms with Crippen LogP contribution < -0.4 is 4.90 Å². The zero-order valence-corrected chi connectivity index (χ0v) is 22.3. The van der Waals surface area contributed by atoms with E-state index in [2.05, 4.69) is 0 Å². The number of carbonyl (C=O) groups is 3. The molecule has 8 nitrogen and oxygen atoms in total. The lowest BCUT2D eigenvalue weighted by atomic mass is 9.74. The first kappa shape index (κ1) is 25.7. The fourth-order valence-electron chi connectivity index (χ4n) is 6.71. The molecule has 4 aliphatic heterocycles. The number of hydrogen-bond donors (Lipinski definition) is 1. The predicted molar refractivity (Wildman–Crippen MR) is 140 cm³/mol. The molecular formula is C29H37N3O5. The average Bonchev–Trinajstić information content (AvgIpc) is 3.11. The summed E-state index contributed by atoms with van der Waals surface area (Å²) in [5.41, 5.74) is -2.15. The van der Waals surface area contributed by atoms with Crippen LogP contribution in [-0.2, 0) is 19.1 Å². The predicted octanol–water partition coefficient (Wildman–Crippen LogP) is 2.53. The van der Waals surface area contributed by atoms with Gasteiger partial charge < -0.3 is 24.5 Å². The van der Waals surface area contributed by atoms with Crippen LogP contribution in [0, 0.1) is 11.8 Å². The molecule has 3 amide bonds. The zero-order chi connectivity index (χ0) is 26.8. The van der Waals surface area contributed by atoms with Crippen molar-refractivity contribution in [1.29, 1.82) is 0 Å². The monoisotopic (exact) mass is 507 g/mol. The molecule has 5 rings (SSSR count). The number of likely N-dealkylation sites (tertiary alicyclic amines) is 1. The van der Waals surface area contributed by atoms with Gasteiger partial charge >= 0.3 is 0 Å². The van der Waals surface area contributed by atoms with Gasteiger partial charge in [-0.1, -0.05) is 49.4 Å². The van der Waals surface area contributed by atoms with Crippen LogP contribution in [0.5, 0.6) is 0 Å². The van der Waals surface area contributed by atoms with Crippen LogP contribution in [-0.4, -0.2) is 81.1 Å². The van der Waals surface area contributed by atoms with Gasteiger partial charge in [-0.2, -0.15) is 0 Å². The van der Waals surface area contributed by atoms with Crippen molar-refractivity contribution in [2.24, 2.45) is 11.8 Å². The average molecular weight is 508 g/mol. The Kier molecular flexibility index (Phi) is 6.11. The summed E-state index contributed by atoms with van der Waals surface area (Å²) in [5.74, 6) is -2.47. The Balaban J connectivity index is 1.68. The highest BCUT2D eigenvalue weighted by Crippen LogP contribution is 2.58. The number of fused-ring (bicyclic) bond motifs is 2. The molecule has 0 radical (unpaired) electrons. The molecule has 0 aliphatic carbocycles. The van der Waals surface area contributed by atoms with Gasteiger partial charge in [0, 0.05) is 24.3 Å². The maximum absolute atomic E-state index is 14.4. The van der Waals surface area contributed by atoms with Crippen LogP contribution in [0.15, 0.2) is 54.6 Å². The van der Waals surface area contributed by atoms with E-state index in [1.807, 2.05) is 89.3 Å². The quantitative estimate of drug-likeness (QED) is 0.633. The van der Waals surface area contributed by atoms with E-state index < -0.39 is 40.7 Å². The van der Waals surface area contributed by atoms with Crippen molar-refractivity contribution >= 4 is 23.4 Å². The minimum absolute atomic E-state index is 0.204. The Morgan fingerprint density at radius 3 is 2.30 bits per heavy atom. The second-order valence-corrected chi connectivity index (χ2v) is 11.7. The lowest BCUT2D eigenvalue weighted by molar-refractivity contribution is -0.157.